The van der Waals surface area contributed by atoms with E-state index in [1.165, 1.54) is 12.1 Å². The van der Waals surface area contributed by atoms with Gasteiger partial charge < -0.3 is 4.42 Å². The van der Waals surface area contributed by atoms with E-state index >= 15 is 0 Å². The van der Waals surface area contributed by atoms with Gasteiger partial charge in [-0.15, -0.1) is 0 Å². The number of para-hydroxylation sites is 2. The third kappa shape index (κ3) is 4.86. The number of nitrogens with zero attached hydrogens (tertiary/aromatic N) is 1. The second-order valence-electron chi connectivity index (χ2n) is 7.41. The Labute approximate surface area is 185 Å². The van der Waals surface area contributed by atoms with Crippen molar-refractivity contribution in [1.29, 1.82) is 0 Å². The molecule has 0 aliphatic heterocycles. The van der Waals surface area contributed by atoms with Crippen molar-refractivity contribution in [3.63, 3.8) is 0 Å². The van der Waals surface area contributed by atoms with Crippen LogP contribution in [0.5, 0.6) is 0 Å². The molecule has 158 valence electrons. The number of ketones is 1. The lowest BCUT2D eigenvalue weighted by Crippen LogP contribution is -2.18. The zero-order valence-electron chi connectivity index (χ0n) is 16.8. The molecule has 1 heterocycles. The van der Waals surface area contributed by atoms with Gasteiger partial charge in [-0.3, -0.25) is 4.79 Å². The fourth-order valence-electron chi connectivity index (χ4n) is 3.52. The quantitative estimate of drug-likeness (QED) is 0.392. The minimum Gasteiger partial charge on any atom is -0.440 e. The van der Waals surface area contributed by atoms with Gasteiger partial charge in [-0.2, -0.15) is 0 Å². The van der Waals surface area contributed by atoms with Crippen LogP contribution < -0.4 is 0 Å². The fourth-order valence-corrected chi connectivity index (χ4v) is 4.36. The molecule has 1 aromatic heterocycles. The van der Waals surface area contributed by atoms with Gasteiger partial charge in [0, 0.05) is 17.2 Å². The summed E-state index contributed by atoms with van der Waals surface area (Å²) < 4.78 is 29.3. The highest BCUT2D eigenvalue weighted by atomic mass is 35.5. The summed E-state index contributed by atoms with van der Waals surface area (Å²) in [6.45, 7) is 0. The zero-order valence-corrected chi connectivity index (χ0v) is 18.4. The van der Waals surface area contributed by atoms with Gasteiger partial charge in [-0.25, -0.2) is 13.4 Å². The Morgan fingerprint density at radius 2 is 1.68 bits per heavy atom. The minimum absolute atomic E-state index is 0.0254. The molecule has 1 atom stereocenters. The van der Waals surface area contributed by atoms with Crippen molar-refractivity contribution in [3.05, 3.63) is 94.8 Å². The molecule has 0 amide bonds. The molecule has 0 spiro atoms. The van der Waals surface area contributed by atoms with Crippen molar-refractivity contribution in [3.8, 4) is 0 Å². The highest BCUT2D eigenvalue weighted by molar-refractivity contribution is 7.90. The average molecular weight is 454 g/mol. The fraction of sp³-hybridized carbons (Fsp3) is 0.167. The van der Waals surface area contributed by atoms with Crippen LogP contribution in [0.2, 0.25) is 5.02 Å². The van der Waals surface area contributed by atoms with Crippen molar-refractivity contribution in [2.75, 3.05) is 6.26 Å². The van der Waals surface area contributed by atoms with Crippen molar-refractivity contribution < 1.29 is 17.6 Å². The van der Waals surface area contributed by atoms with Gasteiger partial charge in [0.2, 0.25) is 5.89 Å². The zero-order chi connectivity index (χ0) is 22.0. The number of oxazole rings is 1. The van der Waals surface area contributed by atoms with Gasteiger partial charge in [-0.05, 0) is 47.9 Å². The van der Waals surface area contributed by atoms with Gasteiger partial charge in [-0.1, -0.05) is 54.1 Å². The SMILES string of the molecule is CS(=O)(=O)c1ccc(C(Cc2ccccc2Cl)C(=O)Cc2nc3ccccc3o2)cc1. The first-order valence-electron chi connectivity index (χ1n) is 9.72. The first kappa shape index (κ1) is 21.3. The summed E-state index contributed by atoms with van der Waals surface area (Å²) >= 11 is 6.34. The molecule has 3 aromatic carbocycles. The minimum atomic E-state index is -3.33. The summed E-state index contributed by atoms with van der Waals surface area (Å²) in [5, 5.41) is 0.579. The molecule has 0 aliphatic carbocycles. The number of rotatable bonds is 7. The van der Waals surface area contributed by atoms with Gasteiger partial charge >= 0.3 is 0 Å². The number of hydrogen-bond acceptors (Lipinski definition) is 5. The van der Waals surface area contributed by atoms with E-state index in [1.54, 1.807) is 24.3 Å². The van der Waals surface area contributed by atoms with Gasteiger partial charge in [0.15, 0.2) is 15.4 Å². The summed E-state index contributed by atoms with van der Waals surface area (Å²) in [5.41, 5.74) is 2.89. The van der Waals surface area contributed by atoms with E-state index in [4.69, 9.17) is 16.0 Å². The van der Waals surface area contributed by atoms with E-state index in [0.29, 0.717) is 34.0 Å². The molecule has 31 heavy (non-hydrogen) atoms. The largest absolute Gasteiger partial charge is 0.440 e. The summed E-state index contributed by atoms with van der Waals surface area (Å²) in [4.78, 5) is 17.9. The highest BCUT2D eigenvalue weighted by Gasteiger charge is 2.24. The molecule has 4 aromatic rings. The first-order chi connectivity index (χ1) is 14.8. The molecule has 0 aliphatic rings. The van der Waals surface area contributed by atoms with E-state index in [1.807, 2.05) is 36.4 Å². The van der Waals surface area contributed by atoms with Crippen LogP contribution in [-0.4, -0.2) is 25.4 Å². The first-order valence-corrected chi connectivity index (χ1v) is 12.0. The number of Topliss-reactive ketones (excluding diaryl/α,β-unsaturated/α-hetero) is 1. The van der Waals surface area contributed by atoms with Gasteiger partial charge in [0.1, 0.15) is 11.3 Å². The second kappa shape index (κ2) is 8.65. The van der Waals surface area contributed by atoms with Crippen LogP contribution in [0.3, 0.4) is 0 Å². The van der Waals surface area contributed by atoms with Crippen LogP contribution in [0.25, 0.3) is 11.1 Å². The standard InChI is InChI=1S/C24H20ClNO4S/c1-31(28,29)18-12-10-16(11-13-18)19(14-17-6-2-3-7-20(17)25)22(27)15-24-26-21-8-4-5-9-23(21)30-24/h2-13,19H,14-15H2,1H3. The Hall–Kier alpha value is -2.96. The average Bonchev–Trinajstić information content (AvgIpc) is 3.15. The Balaban J connectivity index is 1.67. The number of carbonyl (C=O) groups is 1. The Bertz CT molecular complexity index is 1310. The number of halogens is 1. The number of aromatic nitrogens is 1. The maximum Gasteiger partial charge on any atom is 0.202 e. The smallest absolute Gasteiger partial charge is 0.202 e. The molecule has 0 bridgehead atoms. The number of hydrogen-bond donors (Lipinski definition) is 0. The van der Waals surface area contributed by atoms with Crippen molar-refractivity contribution >= 4 is 38.3 Å². The number of carbonyl (C=O) groups excluding carboxylic acids is 1. The molecule has 0 saturated heterocycles. The van der Waals surface area contributed by atoms with Crippen molar-refractivity contribution in [2.45, 2.75) is 23.7 Å². The van der Waals surface area contributed by atoms with Gasteiger partial charge in [0.25, 0.3) is 0 Å². The van der Waals surface area contributed by atoms with E-state index in [0.717, 1.165) is 11.8 Å². The van der Waals surface area contributed by atoms with E-state index in [-0.39, 0.29) is 17.1 Å². The molecular weight excluding hydrogens is 434 g/mol. The van der Waals surface area contributed by atoms with Crippen LogP contribution in [-0.2, 0) is 27.5 Å². The van der Waals surface area contributed by atoms with E-state index in [9.17, 15) is 13.2 Å². The summed E-state index contributed by atoms with van der Waals surface area (Å²) in [6, 6.07) is 21.1. The second-order valence-corrected chi connectivity index (χ2v) is 9.83. The summed E-state index contributed by atoms with van der Waals surface area (Å²) in [5.74, 6) is -0.259. The van der Waals surface area contributed by atoms with Crippen LogP contribution in [0, 0.1) is 0 Å². The van der Waals surface area contributed by atoms with Crippen LogP contribution in [0.4, 0.5) is 0 Å². The summed E-state index contributed by atoms with van der Waals surface area (Å²) in [6.07, 6.45) is 1.57. The van der Waals surface area contributed by atoms with E-state index in [2.05, 4.69) is 4.98 Å². The number of benzene rings is 3. The lowest BCUT2D eigenvalue weighted by atomic mass is 9.87. The monoisotopic (exact) mass is 453 g/mol. The van der Waals surface area contributed by atoms with Crippen LogP contribution in [0.15, 0.2) is 82.1 Å². The molecular formula is C24H20ClNO4S. The molecule has 4 rings (SSSR count). The van der Waals surface area contributed by atoms with Crippen molar-refractivity contribution in [2.24, 2.45) is 0 Å². The number of fused-ring (bicyclic) bond motifs is 1. The predicted octanol–water partition coefficient (Wildman–Crippen LogP) is 5.02. The predicted molar refractivity (Wildman–Crippen MR) is 120 cm³/mol. The molecule has 1 unspecified atom stereocenters. The van der Waals surface area contributed by atoms with Gasteiger partial charge in [0.05, 0.1) is 11.3 Å². The van der Waals surface area contributed by atoms with Crippen LogP contribution in [0.1, 0.15) is 22.9 Å². The van der Waals surface area contributed by atoms with Crippen molar-refractivity contribution in [1.82, 2.24) is 4.98 Å². The number of sulfone groups is 1. The lowest BCUT2D eigenvalue weighted by Gasteiger charge is -2.17. The topological polar surface area (TPSA) is 77.2 Å². The summed E-state index contributed by atoms with van der Waals surface area (Å²) in [7, 11) is -3.33. The van der Waals surface area contributed by atoms with E-state index < -0.39 is 15.8 Å². The Kier molecular flexibility index (Phi) is 5.94. The third-order valence-electron chi connectivity index (χ3n) is 5.14. The Morgan fingerprint density at radius 3 is 2.35 bits per heavy atom. The van der Waals surface area contributed by atoms with Crippen LogP contribution >= 0.6 is 11.6 Å². The third-order valence-corrected chi connectivity index (χ3v) is 6.64. The molecule has 5 nitrogen and oxygen atoms in total. The molecule has 0 fully saturated rings. The lowest BCUT2D eigenvalue weighted by molar-refractivity contribution is -0.120. The maximum atomic E-state index is 13.3. The molecule has 0 radical (unpaired) electrons. The molecule has 0 N–H and O–H groups in total. The normalized spacial score (nSPS) is 12.7. The Morgan fingerprint density at radius 1 is 1.00 bits per heavy atom. The maximum absolute atomic E-state index is 13.3. The highest BCUT2D eigenvalue weighted by Crippen LogP contribution is 2.28. The molecule has 7 heteroatoms. The molecule has 0 saturated carbocycles.